The Hall–Kier alpha value is -0.530. The van der Waals surface area contributed by atoms with Crippen LogP contribution < -0.4 is 0 Å². The Balaban J connectivity index is 1.95. The average molecular weight is 252 g/mol. The van der Waals surface area contributed by atoms with Crippen LogP contribution in [0.15, 0.2) is 0 Å². The Morgan fingerprint density at radius 1 is 1.17 bits per heavy atom. The molecule has 0 bridgehead atoms. The molecule has 0 aromatic carbocycles. The molecular formula is C16H28O2. The van der Waals surface area contributed by atoms with Gasteiger partial charge < -0.3 is 4.74 Å². The minimum absolute atomic E-state index is 0.0993. The summed E-state index contributed by atoms with van der Waals surface area (Å²) in [5.74, 6) is 1.58. The third-order valence-corrected chi connectivity index (χ3v) is 5.21. The molecule has 2 aliphatic rings. The average Bonchev–Trinajstić information content (AvgIpc) is 2.95. The molecule has 0 saturated heterocycles. The minimum atomic E-state index is -0.153. The van der Waals surface area contributed by atoms with Crippen LogP contribution in [-0.4, -0.2) is 11.6 Å². The number of carbonyl (C=O) groups excluding carboxylic acids is 1. The molecule has 0 N–H and O–H groups in total. The van der Waals surface area contributed by atoms with E-state index in [9.17, 15) is 4.79 Å². The van der Waals surface area contributed by atoms with Crippen LogP contribution >= 0.6 is 0 Å². The van der Waals surface area contributed by atoms with Crippen molar-refractivity contribution in [3.63, 3.8) is 0 Å². The first kappa shape index (κ1) is 13.9. The van der Waals surface area contributed by atoms with Crippen molar-refractivity contribution in [2.45, 2.75) is 77.7 Å². The second kappa shape index (κ2) is 5.63. The van der Waals surface area contributed by atoms with E-state index in [1.54, 1.807) is 0 Å². The summed E-state index contributed by atoms with van der Waals surface area (Å²) in [6, 6.07) is 0. The van der Waals surface area contributed by atoms with Crippen LogP contribution in [0.25, 0.3) is 0 Å². The Morgan fingerprint density at radius 2 is 1.83 bits per heavy atom. The van der Waals surface area contributed by atoms with Crippen LogP contribution in [0.5, 0.6) is 0 Å². The molecule has 104 valence electrons. The van der Waals surface area contributed by atoms with E-state index in [4.69, 9.17) is 4.74 Å². The maximum atomic E-state index is 12.4. The predicted molar refractivity (Wildman–Crippen MR) is 73.3 cm³/mol. The summed E-state index contributed by atoms with van der Waals surface area (Å²) in [6.07, 6.45) is 9.14. The third kappa shape index (κ3) is 2.89. The number of hydrogen-bond donors (Lipinski definition) is 0. The number of rotatable bonds is 4. The standard InChI is InChI=1S/C16H28O2/c1-4-12-10-13(5-2)14(11-12)15(17)18-16(3)8-6-7-9-16/h12-14H,4-11H2,1-3H3. The van der Waals surface area contributed by atoms with Gasteiger partial charge in [0.1, 0.15) is 5.60 Å². The Kier molecular flexibility index (Phi) is 4.34. The highest BCUT2D eigenvalue weighted by Crippen LogP contribution is 2.42. The van der Waals surface area contributed by atoms with E-state index in [2.05, 4.69) is 20.8 Å². The highest BCUT2D eigenvalue weighted by Gasteiger charge is 2.41. The number of ether oxygens (including phenoxy) is 1. The fraction of sp³-hybridized carbons (Fsp3) is 0.938. The molecule has 0 aromatic heterocycles. The lowest BCUT2D eigenvalue weighted by Gasteiger charge is -2.27. The van der Waals surface area contributed by atoms with Crippen molar-refractivity contribution in [1.82, 2.24) is 0 Å². The summed E-state index contributed by atoms with van der Waals surface area (Å²) in [7, 11) is 0. The van der Waals surface area contributed by atoms with E-state index >= 15 is 0 Å². The van der Waals surface area contributed by atoms with Gasteiger partial charge in [-0.1, -0.05) is 26.7 Å². The van der Waals surface area contributed by atoms with Gasteiger partial charge in [0.15, 0.2) is 0 Å². The van der Waals surface area contributed by atoms with Crippen molar-refractivity contribution >= 4 is 5.97 Å². The van der Waals surface area contributed by atoms with Gasteiger partial charge in [-0.25, -0.2) is 0 Å². The summed E-state index contributed by atoms with van der Waals surface area (Å²) in [5.41, 5.74) is -0.153. The number of carbonyl (C=O) groups is 1. The number of esters is 1. The summed E-state index contributed by atoms with van der Waals surface area (Å²) < 4.78 is 5.87. The van der Waals surface area contributed by atoms with Gasteiger partial charge in [0, 0.05) is 0 Å². The van der Waals surface area contributed by atoms with Crippen LogP contribution in [-0.2, 0) is 9.53 Å². The zero-order valence-corrected chi connectivity index (χ0v) is 12.2. The van der Waals surface area contributed by atoms with Gasteiger partial charge in [-0.05, 0) is 57.3 Å². The largest absolute Gasteiger partial charge is 0.459 e. The first-order chi connectivity index (χ1) is 8.58. The molecule has 0 aromatic rings. The van der Waals surface area contributed by atoms with Gasteiger partial charge in [-0.3, -0.25) is 4.79 Å². The topological polar surface area (TPSA) is 26.3 Å². The van der Waals surface area contributed by atoms with Gasteiger partial charge in [0.2, 0.25) is 0 Å². The van der Waals surface area contributed by atoms with Crippen LogP contribution in [0.4, 0.5) is 0 Å². The normalized spacial score (nSPS) is 34.7. The molecule has 2 nitrogen and oxygen atoms in total. The lowest BCUT2D eigenvalue weighted by molar-refractivity contribution is -0.164. The van der Waals surface area contributed by atoms with Crippen molar-refractivity contribution in [3.8, 4) is 0 Å². The van der Waals surface area contributed by atoms with E-state index in [0.29, 0.717) is 5.92 Å². The minimum Gasteiger partial charge on any atom is -0.459 e. The second-order valence-electron chi connectivity index (χ2n) is 6.60. The lowest BCUT2D eigenvalue weighted by atomic mass is 9.93. The zero-order chi connectivity index (χ0) is 13.2. The molecule has 3 atom stereocenters. The molecule has 2 aliphatic carbocycles. The quantitative estimate of drug-likeness (QED) is 0.696. The predicted octanol–water partition coefficient (Wildman–Crippen LogP) is 4.32. The summed E-state index contributed by atoms with van der Waals surface area (Å²) in [4.78, 5) is 12.4. The first-order valence-corrected chi connectivity index (χ1v) is 7.81. The Morgan fingerprint density at radius 3 is 2.39 bits per heavy atom. The van der Waals surface area contributed by atoms with Gasteiger partial charge >= 0.3 is 5.97 Å². The highest BCUT2D eigenvalue weighted by atomic mass is 16.6. The second-order valence-corrected chi connectivity index (χ2v) is 6.60. The SMILES string of the molecule is CCC1CC(CC)C(C(=O)OC2(C)CCCC2)C1. The maximum absolute atomic E-state index is 12.4. The van der Waals surface area contributed by atoms with Crippen LogP contribution in [0.2, 0.25) is 0 Å². The van der Waals surface area contributed by atoms with E-state index < -0.39 is 0 Å². The van der Waals surface area contributed by atoms with Crippen LogP contribution in [0.1, 0.15) is 72.1 Å². The van der Waals surface area contributed by atoms with Crippen molar-refractivity contribution in [1.29, 1.82) is 0 Å². The van der Waals surface area contributed by atoms with E-state index in [1.807, 2.05) is 0 Å². The van der Waals surface area contributed by atoms with Gasteiger partial charge in [0.05, 0.1) is 5.92 Å². The van der Waals surface area contributed by atoms with E-state index in [0.717, 1.165) is 31.6 Å². The van der Waals surface area contributed by atoms with Crippen LogP contribution in [0.3, 0.4) is 0 Å². The molecule has 2 rings (SSSR count). The first-order valence-electron chi connectivity index (χ1n) is 7.81. The highest BCUT2D eigenvalue weighted by molar-refractivity contribution is 5.73. The lowest BCUT2D eigenvalue weighted by Crippen LogP contribution is -2.33. The summed E-state index contributed by atoms with van der Waals surface area (Å²) in [6.45, 7) is 6.56. The monoisotopic (exact) mass is 252 g/mol. The fourth-order valence-electron chi connectivity index (χ4n) is 3.86. The molecule has 2 heteroatoms. The molecule has 0 aliphatic heterocycles. The van der Waals surface area contributed by atoms with Crippen molar-refractivity contribution in [3.05, 3.63) is 0 Å². The summed E-state index contributed by atoms with van der Waals surface area (Å²) in [5, 5.41) is 0. The summed E-state index contributed by atoms with van der Waals surface area (Å²) >= 11 is 0. The molecule has 18 heavy (non-hydrogen) atoms. The van der Waals surface area contributed by atoms with Crippen molar-refractivity contribution < 1.29 is 9.53 Å². The molecule has 0 heterocycles. The van der Waals surface area contributed by atoms with Crippen LogP contribution in [0, 0.1) is 17.8 Å². The Bertz CT molecular complexity index is 291. The van der Waals surface area contributed by atoms with Gasteiger partial charge in [0.25, 0.3) is 0 Å². The molecule has 3 unspecified atom stereocenters. The fourth-order valence-corrected chi connectivity index (χ4v) is 3.86. The molecule has 2 fully saturated rings. The molecule has 0 spiro atoms. The zero-order valence-electron chi connectivity index (χ0n) is 12.2. The third-order valence-electron chi connectivity index (χ3n) is 5.21. The van der Waals surface area contributed by atoms with Crippen molar-refractivity contribution in [2.24, 2.45) is 17.8 Å². The van der Waals surface area contributed by atoms with Gasteiger partial charge in [-0.2, -0.15) is 0 Å². The molecule has 0 amide bonds. The molecule has 0 radical (unpaired) electrons. The maximum Gasteiger partial charge on any atom is 0.309 e. The molecule has 2 saturated carbocycles. The van der Waals surface area contributed by atoms with E-state index in [-0.39, 0.29) is 17.5 Å². The van der Waals surface area contributed by atoms with Gasteiger partial charge in [-0.15, -0.1) is 0 Å². The molecular weight excluding hydrogens is 224 g/mol. The number of hydrogen-bond acceptors (Lipinski definition) is 2. The smallest absolute Gasteiger partial charge is 0.309 e. The van der Waals surface area contributed by atoms with E-state index in [1.165, 1.54) is 25.7 Å². The van der Waals surface area contributed by atoms with Crippen molar-refractivity contribution in [2.75, 3.05) is 0 Å². The Labute approximate surface area is 111 Å².